The van der Waals surface area contributed by atoms with Gasteiger partial charge in [-0.3, -0.25) is 0 Å². The standard InChI is InChI=1S/C46H75NO14/c1-13-16-34-28(7)37(58-38-22-33(48)43(31(10)57-38)60-45(47)53)23-46(54,61-34)30(9)41(51)29(8)42-35(55-11)18-15-17-24(3)19-26(5)39(49)32(14-2)40(50)27(6)20-25(4)21-36(56-12)44(52)59-42/h13,15-18,20-21,26-35,37-43,48-51,54H,14,19,22-23H2,1-12H3,(H2,47,53)/b16-13+,18-15-,24-17-,25-20-,36-21+/t26?,27?,28-,29?,30?,31-,32?,33-,34?,35?,37-,38+,39?,40?,41?,42?,43-,46+/m1/s1. The summed E-state index contributed by atoms with van der Waals surface area (Å²) in [4.78, 5) is 25.4. The molecule has 0 aromatic heterocycles. The van der Waals surface area contributed by atoms with Gasteiger partial charge in [-0.2, -0.15) is 0 Å². The third-order valence-corrected chi connectivity index (χ3v) is 12.8. The van der Waals surface area contributed by atoms with Gasteiger partial charge in [0, 0.05) is 49.5 Å². The molecule has 0 bridgehead atoms. The van der Waals surface area contributed by atoms with Crippen LogP contribution in [0.1, 0.15) is 94.9 Å². The third-order valence-electron chi connectivity index (χ3n) is 12.8. The van der Waals surface area contributed by atoms with Crippen LogP contribution >= 0.6 is 0 Å². The zero-order valence-corrected chi connectivity index (χ0v) is 38.2. The molecule has 15 nitrogen and oxygen atoms in total. The Morgan fingerprint density at radius 1 is 1.10 bits per heavy atom. The average molecular weight is 866 g/mol. The summed E-state index contributed by atoms with van der Waals surface area (Å²) in [5.74, 6) is -6.00. The van der Waals surface area contributed by atoms with Gasteiger partial charge in [0.25, 0.3) is 0 Å². The fraction of sp³-hybridized carbons (Fsp3) is 0.739. The van der Waals surface area contributed by atoms with Crippen molar-refractivity contribution in [3.05, 3.63) is 59.4 Å². The number of hydrogen-bond donors (Lipinski definition) is 6. The van der Waals surface area contributed by atoms with Gasteiger partial charge in [0.2, 0.25) is 5.76 Å². The summed E-state index contributed by atoms with van der Waals surface area (Å²) in [7, 11) is 2.81. The maximum absolute atomic E-state index is 13.9. The Hall–Kier alpha value is -3.12. The molecule has 3 heterocycles. The molecule has 1 amide bonds. The second-order valence-corrected chi connectivity index (χ2v) is 17.5. The number of carbonyl (C=O) groups is 2. The molecule has 348 valence electrons. The minimum atomic E-state index is -1.97. The molecule has 0 aromatic carbocycles. The molecule has 0 saturated carbocycles. The zero-order chi connectivity index (χ0) is 45.9. The van der Waals surface area contributed by atoms with Crippen molar-refractivity contribution in [3.8, 4) is 0 Å². The predicted molar refractivity (Wildman–Crippen MR) is 228 cm³/mol. The Morgan fingerprint density at radius 3 is 2.34 bits per heavy atom. The third kappa shape index (κ3) is 13.7. The highest BCUT2D eigenvalue weighted by Crippen LogP contribution is 2.42. The highest BCUT2D eigenvalue weighted by Gasteiger charge is 2.52. The van der Waals surface area contributed by atoms with Gasteiger partial charge in [0.1, 0.15) is 12.2 Å². The molecular weight excluding hydrogens is 790 g/mol. The van der Waals surface area contributed by atoms with Gasteiger partial charge in [0.15, 0.2) is 18.2 Å². The summed E-state index contributed by atoms with van der Waals surface area (Å²) in [6.07, 6.45) is 2.20. The van der Waals surface area contributed by atoms with Gasteiger partial charge in [-0.15, -0.1) is 0 Å². The summed E-state index contributed by atoms with van der Waals surface area (Å²) in [5.41, 5.74) is 6.78. The van der Waals surface area contributed by atoms with Crippen LogP contribution in [0.4, 0.5) is 4.79 Å². The first-order chi connectivity index (χ1) is 28.6. The van der Waals surface area contributed by atoms with E-state index in [2.05, 4.69) is 0 Å². The van der Waals surface area contributed by atoms with Crippen molar-refractivity contribution in [1.29, 1.82) is 0 Å². The van der Waals surface area contributed by atoms with Crippen molar-refractivity contribution < 1.29 is 68.3 Å². The quantitative estimate of drug-likeness (QED) is 0.119. The average Bonchev–Trinajstić information content (AvgIpc) is 3.19. The van der Waals surface area contributed by atoms with E-state index in [1.165, 1.54) is 20.3 Å². The van der Waals surface area contributed by atoms with Gasteiger partial charge in [-0.05, 0) is 52.5 Å². The van der Waals surface area contributed by atoms with Gasteiger partial charge >= 0.3 is 12.1 Å². The maximum atomic E-state index is 13.9. The van der Waals surface area contributed by atoms with Crippen molar-refractivity contribution in [2.75, 3.05) is 14.2 Å². The molecule has 18 atom stereocenters. The first-order valence-electron chi connectivity index (χ1n) is 21.7. The summed E-state index contributed by atoms with van der Waals surface area (Å²) < 4.78 is 41.4. The SMILES string of the molecule is C/C=C/C1O[C@](O)(C(C)C(O)C(C)C2OC(=O)/C(OC)=C\C(C)=C/C(C)C(O)C(CC)C(O)C(C)C/C(C)=C\C=C/C2OC)C[C@@H](O[C@H]2C[C@@H](O)[C@H](OC(N)=O)[C@@H](C)O2)[C@@H]1C. The largest absolute Gasteiger partial charge is 0.490 e. The number of rotatable bonds is 11. The van der Waals surface area contributed by atoms with E-state index in [1.54, 1.807) is 52.0 Å². The predicted octanol–water partition coefficient (Wildman–Crippen LogP) is 4.98. The molecule has 15 heteroatoms. The van der Waals surface area contributed by atoms with Crippen molar-refractivity contribution in [1.82, 2.24) is 0 Å². The molecule has 2 fully saturated rings. The van der Waals surface area contributed by atoms with Crippen molar-refractivity contribution >= 4 is 12.1 Å². The van der Waals surface area contributed by atoms with E-state index in [-0.39, 0.29) is 42.3 Å². The smallest absolute Gasteiger partial charge is 0.404 e. The number of primary amides is 1. The first kappa shape index (κ1) is 52.2. The van der Waals surface area contributed by atoms with E-state index >= 15 is 0 Å². The number of aliphatic hydroxyl groups excluding tert-OH is 4. The summed E-state index contributed by atoms with van der Waals surface area (Å²) in [5, 5.41) is 58.0. The van der Waals surface area contributed by atoms with Crippen LogP contribution in [0.15, 0.2) is 59.4 Å². The summed E-state index contributed by atoms with van der Waals surface area (Å²) >= 11 is 0. The molecule has 0 radical (unpaired) electrons. The number of nitrogens with two attached hydrogens (primary N) is 1. The number of ether oxygens (including phenoxy) is 7. The molecular formula is C46H75NO14. The van der Waals surface area contributed by atoms with Crippen LogP contribution in [0.25, 0.3) is 0 Å². The Kier molecular flexibility index (Phi) is 20.1. The molecule has 7 N–H and O–H groups in total. The number of carbonyl (C=O) groups excluding carboxylic acids is 2. The van der Waals surface area contributed by atoms with Crippen LogP contribution in [0.2, 0.25) is 0 Å². The molecule has 3 aliphatic heterocycles. The molecule has 0 spiro atoms. The molecule has 0 aromatic rings. The molecule has 2 saturated heterocycles. The first-order valence-corrected chi connectivity index (χ1v) is 21.7. The maximum Gasteiger partial charge on any atom is 0.404 e. The minimum absolute atomic E-state index is 0.0313. The topological polar surface area (TPSA) is 226 Å². The monoisotopic (exact) mass is 866 g/mol. The van der Waals surface area contributed by atoms with E-state index in [0.717, 1.165) is 5.57 Å². The van der Waals surface area contributed by atoms with Gasteiger partial charge in [-0.25, -0.2) is 9.59 Å². The Morgan fingerprint density at radius 2 is 1.77 bits per heavy atom. The minimum Gasteiger partial charge on any atom is -0.490 e. The van der Waals surface area contributed by atoms with E-state index < -0.39 is 97.0 Å². The fourth-order valence-electron chi connectivity index (χ4n) is 8.94. The van der Waals surface area contributed by atoms with E-state index in [1.807, 2.05) is 53.7 Å². The van der Waals surface area contributed by atoms with Crippen LogP contribution < -0.4 is 5.73 Å². The van der Waals surface area contributed by atoms with Gasteiger partial charge in [-0.1, -0.05) is 89.1 Å². The van der Waals surface area contributed by atoms with Gasteiger partial charge in [0.05, 0.1) is 49.8 Å². The molecule has 11 unspecified atom stereocenters. The Bertz CT molecular complexity index is 1570. The van der Waals surface area contributed by atoms with Gasteiger partial charge < -0.3 is 64.4 Å². The lowest BCUT2D eigenvalue weighted by Gasteiger charge is -2.49. The number of aliphatic hydroxyl groups is 5. The lowest BCUT2D eigenvalue weighted by molar-refractivity contribution is -0.338. The number of allylic oxidation sites excluding steroid dienone is 6. The summed E-state index contributed by atoms with van der Waals surface area (Å²) in [6, 6.07) is 0. The zero-order valence-electron chi connectivity index (χ0n) is 38.2. The molecule has 61 heavy (non-hydrogen) atoms. The van der Waals surface area contributed by atoms with Crippen LogP contribution in [-0.4, -0.2) is 125 Å². The normalized spacial score (nSPS) is 42.2. The lowest BCUT2D eigenvalue weighted by Crippen LogP contribution is -2.59. The van der Waals surface area contributed by atoms with E-state index in [4.69, 9.17) is 38.9 Å². The highest BCUT2D eigenvalue weighted by atomic mass is 16.7. The fourth-order valence-corrected chi connectivity index (χ4v) is 8.94. The summed E-state index contributed by atoms with van der Waals surface area (Å²) in [6.45, 7) is 18.2. The lowest BCUT2D eigenvalue weighted by atomic mass is 9.77. The Labute approximate surface area is 362 Å². The molecule has 0 aliphatic carbocycles. The van der Waals surface area contributed by atoms with E-state index in [0.29, 0.717) is 18.4 Å². The van der Waals surface area contributed by atoms with Crippen LogP contribution in [0, 0.1) is 35.5 Å². The van der Waals surface area contributed by atoms with Crippen molar-refractivity contribution in [3.63, 3.8) is 0 Å². The van der Waals surface area contributed by atoms with E-state index in [9.17, 15) is 35.1 Å². The highest BCUT2D eigenvalue weighted by molar-refractivity contribution is 5.87. The van der Waals surface area contributed by atoms with Crippen LogP contribution in [0.3, 0.4) is 0 Å². The number of hydrogen-bond acceptors (Lipinski definition) is 14. The van der Waals surface area contributed by atoms with Crippen molar-refractivity contribution in [2.45, 2.75) is 168 Å². The number of amides is 1. The number of cyclic esters (lactones) is 1. The number of esters is 1. The molecule has 3 aliphatic rings. The van der Waals surface area contributed by atoms with Crippen molar-refractivity contribution in [2.24, 2.45) is 41.2 Å². The Balaban J connectivity index is 2.00. The van der Waals surface area contributed by atoms with Crippen LogP contribution in [0.5, 0.6) is 0 Å². The molecule has 3 rings (SSSR count). The number of methoxy groups -OCH3 is 2. The van der Waals surface area contributed by atoms with Crippen LogP contribution in [-0.2, 0) is 38.0 Å². The second-order valence-electron chi connectivity index (χ2n) is 17.5. The second kappa shape index (κ2) is 23.5.